The van der Waals surface area contributed by atoms with Crippen LogP contribution in [0.5, 0.6) is 0 Å². The molecule has 0 amide bonds. The van der Waals surface area contributed by atoms with E-state index in [1.54, 1.807) is 0 Å². The summed E-state index contributed by atoms with van der Waals surface area (Å²) < 4.78 is 0. The fourth-order valence-electron chi connectivity index (χ4n) is 6.75. The molecular formula is C21H28O3. The van der Waals surface area contributed by atoms with E-state index in [4.69, 9.17) is 0 Å². The molecule has 0 saturated heterocycles. The van der Waals surface area contributed by atoms with Gasteiger partial charge in [-0.25, -0.2) is 0 Å². The van der Waals surface area contributed by atoms with Gasteiger partial charge in [0.2, 0.25) is 0 Å². The third-order valence-electron chi connectivity index (χ3n) is 7.94. The van der Waals surface area contributed by atoms with Crippen molar-refractivity contribution in [1.82, 2.24) is 0 Å². The first kappa shape index (κ1) is 16.1. The van der Waals surface area contributed by atoms with Crippen LogP contribution in [0.3, 0.4) is 0 Å². The zero-order valence-electron chi connectivity index (χ0n) is 15.0. The second-order valence-corrected chi connectivity index (χ2v) is 9.12. The lowest BCUT2D eigenvalue weighted by Gasteiger charge is -2.53. The van der Waals surface area contributed by atoms with Crippen LogP contribution < -0.4 is 0 Å². The third-order valence-corrected chi connectivity index (χ3v) is 7.94. The topological polar surface area (TPSA) is 54.4 Å². The monoisotopic (exact) mass is 328 g/mol. The number of allylic oxidation sites excluding steroid dienone is 4. The first-order valence-corrected chi connectivity index (χ1v) is 9.44. The highest BCUT2D eigenvalue weighted by Crippen LogP contribution is 2.65. The van der Waals surface area contributed by atoms with E-state index in [2.05, 4.69) is 26.8 Å². The van der Waals surface area contributed by atoms with Gasteiger partial charge in [-0.3, -0.25) is 9.59 Å². The Labute approximate surface area is 144 Å². The third kappa shape index (κ3) is 1.96. The van der Waals surface area contributed by atoms with Gasteiger partial charge in [0.05, 0.1) is 5.92 Å². The molecule has 0 bridgehead atoms. The molecule has 0 aromatic carbocycles. The van der Waals surface area contributed by atoms with Gasteiger partial charge < -0.3 is 5.11 Å². The molecule has 24 heavy (non-hydrogen) atoms. The van der Waals surface area contributed by atoms with Crippen LogP contribution in [0.1, 0.15) is 59.3 Å². The predicted octanol–water partition coefficient (Wildman–Crippen LogP) is 4.39. The normalized spacial score (nSPS) is 47.2. The number of carbonyl (C=O) groups excluding carboxylic acids is 1. The Balaban J connectivity index is 1.76. The Hall–Kier alpha value is -1.38. The molecule has 0 radical (unpaired) electrons. The molecule has 3 heteroatoms. The molecular weight excluding hydrogens is 300 g/mol. The van der Waals surface area contributed by atoms with E-state index in [1.807, 2.05) is 6.08 Å². The number of hydrogen-bond acceptors (Lipinski definition) is 2. The molecule has 1 N–H and O–H groups in total. The van der Waals surface area contributed by atoms with Crippen molar-refractivity contribution in [3.63, 3.8) is 0 Å². The maximum atomic E-state index is 11.9. The van der Waals surface area contributed by atoms with Crippen LogP contribution in [0.15, 0.2) is 23.3 Å². The van der Waals surface area contributed by atoms with E-state index in [-0.39, 0.29) is 28.4 Å². The average Bonchev–Trinajstić information content (AvgIpc) is 2.78. The summed E-state index contributed by atoms with van der Waals surface area (Å²) in [5, 5.41) is 9.78. The average molecular weight is 328 g/mol. The summed E-state index contributed by atoms with van der Waals surface area (Å²) >= 11 is 0. The molecule has 0 aliphatic heterocycles. The number of hydrogen-bond donors (Lipinski definition) is 1. The highest BCUT2D eigenvalue weighted by molar-refractivity contribution is 5.92. The summed E-state index contributed by atoms with van der Waals surface area (Å²) in [6, 6.07) is 0. The summed E-state index contributed by atoms with van der Waals surface area (Å²) in [5.41, 5.74) is 2.78. The minimum Gasteiger partial charge on any atom is -0.481 e. The summed E-state index contributed by atoms with van der Waals surface area (Å²) in [7, 11) is 0. The fraction of sp³-hybridized carbons (Fsp3) is 0.714. The van der Waals surface area contributed by atoms with E-state index in [0.29, 0.717) is 18.3 Å². The highest BCUT2D eigenvalue weighted by atomic mass is 16.4. The zero-order chi connectivity index (χ0) is 17.3. The van der Waals surface area contributed by atoms with Crippen LogP contribution in [0.2, 0.25) is 0 Å². The first-order chi connectivity index (χ1) is 11.3. The van der Waals surface area contributed by atoms with Crippen LogP contribution in [-0.2, 0) is 9.59 Å². The minimum absolute atomic E-state index is 0.0444. The Morgan fingerprint density at radius 3 is 2.75 bits per heavy atom. The number of ketones is 1. The summed E-state index contributed by atoms with van der Waals surface area (Å²) in [4.78, 5) is 23.7. The van der Waals surface area contributed by atoms with Crippen molar-refractivity contribution >= 4 is 11.8 Å². The van der Waals surface area contributed by atoms with E-state index >= 15 is 0 Å². The van der Waals surface area contributed by atoms with Crippen LogP contribution in [-0.4, -0.2) is 16.9 Å². The summed E-state index contributed by atoms with van der Waals surface area (Å²) in [6.45, 7) is 6.65. The first-order valence-electron chi connectivity index (χ1n) is 9.44. The van der Waals surface area contributed by atoms with Crippen molar-refractivity contribution in [3.8, 4) is 0 Å². The number of fused-ring (bicyclic) bond motifs is 5. The van der Waals surface area contributed by atoms with Crippen LogP contribution in [0, 0.1) is 34.5 Å². The summed E-state index contributed by atoms with van der Waals surface area (Å²) in [5.74, 6) is 0.675. The maximum Gasteiger partial charge on any atom is 0.307 e. The van der Waals surface area contributed by atoms with Gasteiger partial charge in [-0.1, -0.05) is 38.0 Å². The smallest absolute Gasteiger partial charge is 0.307 e. The second kappa shape index (κ2) is 5.06. The molecule has 0 aromatic heterocycles. The standard InChI is InChI=1S/C21H28O3/c1-12-10-17-15-5-4-13-11-14(22)6-8-20(13,2)16(15)7-9-21(17,3)18(12)19(23)24/h7,11-12,15,17-18H,4-6,8-10H2,1-3H3,(H,23,24)/t12-,15-,17+,18-,20+,21+/m1/s1. The molecule has 6 atom stereocenters. The largest absolute Gasteiger partial charge is 0.481 e. The van der Waals surface area contributed by atoms with Crippen molar-refractivity contribution in [1.29, 1.82) is 0 Å². The maximum absolute atomic E-state index is 11.9. The molecule has 2 fully saturated rings. The van der Waals surface area contributed by atoms with Crippen LogP contribution >= 0.6 is 0 Å². The predicted molar refractivity (Wildman–Crippen MR) is 92.4 cm³/mol. The van der Waals surface area contributed by atoms with E-state index in [1.165, 1.54) is 11.1 Å². The van der Waals surface area contributed by atoms with Crippen LogP contribution in [0.25, 0.3) is 0 Å². The summed E-state index contributed by atoms with van der Waals surface area (Å²) in [6.07, 6.45) is 9.86. The molecule has 3 nitrogen and oxygen atoms in total. The van der Waals surface area contributed by atoms with Gasteiger partial charge in [0.25, 0.3) is 0 Å². The number of carboxylic acid groups (broad SMARTS) is 1. The van der Waals surface area contributed by atoms with Crippen molar-refractivity contribution in [3.05, 3.63) is 23.3 Å². The number of rotatable bonds is 1. The van der Waals surface area contributed by atoms with Crippen molar-refractivity contribution in [2.24, 2.45) is 34.5 Å². The SMILES string of the molecule is C[C@@H]1C[C@H]2[C@@H]3CCC4=CC(=O)CC[C@]4(C)C3=CC[C@]2(C)[C@H]1C(=O)O. The van der Waals surface area contributed by atoms with Gasteiger partial charge in [0.15, 0.2) is 5.78 Å². The van der Waals surface area contributed by atoms with Gasteiger partial charge in [-0.2, -0.15) is 0 Å². The molecule has 0 spiro atoms. The van der Waals surface area contributed by atoms with Crippen molar-refractivity contribution in [2.75, 3.05) is 0 Å². The second-order valence-electron chi connectivity index (χ2n) is 9.12. The van der Waals surface area contributed by atoms with Crippen LogP contribution in [0.4, 0.5) is 0 Å². The molecule has 4 rings (SSSR count). The van der Waals surface area contributed by atoms with Gasteiger partial charge in [-0.15, -0.1) is 0 Å². The Morgan fingerprint density at radius 1 is 1.29 bits per heavy atom. The molecule has 4 aliphatic carbocycles. The van der Waals surface area contributed by atoms with Gasteiger partial charge >= 0.3 is 5.97 Å². The molecule has 0 heterocycles. The fourth-order valence-corrected chi connectivity index (χ4v) is 6.75. The lowest BCUT2D eigenvalue weighted by Crippen LogP contribution is -2.45. The Kier molecular flexibility index (Phi) is 3.40. The molecule has 0 unspecified atom stereocenters. The Morgan fingerprint density at radius 2 is 2.04 bits per heavy atom. The number of carbonyl (C=O) groups is 2. The van der Waals surface area contributed by atoms with Gasteiger partial charge in [0.1, 0.15) is 0 Å². The molecule has 2 saturated carbocycles. The lowest BCUT2D eigenvalue weighted by atomic mass is 9.51. The van der Waals surface area contributed by atoms with Crippen molar-refractivity contribution < 1.29 is 14.7 Å². The number of aliphatic carboxylic acids is 1. The van der Waals surface area contributed by atoms with E-state index in [9.17, 15) is 14.7 Å². The van der Waals surface area contributed by atoms with Gasteiger partial charge in [-0.05, 0) is 61.3 Å². The highest BCUT2D eigenvalue weighted by Gasteiger charge is 2.59. The Bertz CT molecular complexity index is 673. The minimum atomic E-state index is -0.616. The quantitative estimate of drug-likeness (QED) is 0.727. The van der Waals surface area contributed by atoms with E-state index < -0.39 is 5.97 Å². The molecule has 130 valence electrons. The van der Waals surface area contributed by atoms with Crippen molar-refractivity contribution in [2.45, 2.75) is 59.3 Å². The molecule has 0 aromatic rings. The number of carboxylic acids is 1. The molecule has 4 aliphatic rings. The van der Waals surface area contributed by atoms with E-state index in [0.717, 1.165) is 32.1 Å². The lowest BCUT2D eigenvalue weighted by molar-refractivity contribution is -0.147. The zero-order valence-corrected chi connectivity index (χ0v) is 15.0. The van der Waals surface area contributed by atoms with Gasteiger partial charge in [0, 0.05) is 11.8 Å².